The molecular weight excluding hydrogens is 264 g/mol. The molecule has 4 unspecified atom stereocenters. The second-order valence-electron chi connectivity index (χ2n) is 5.45. The number of hydrogen-bond donors (Lipinski definition) is 3. The molecule has 0 aromatic carbocycles. The van der Waals surface area contributed by atoms with Gasteiger partial charge in [0.2, 0.25) is 0 Å². The van der Waals surface area contributed by atoms with Crippen molar-refractivity contribution >= 4 is 12.0 Å². The average Bonchev–Trinajstić information content (AvgIpc) is 3.01. The third-order valence-electron chi connectivity index (χ3n) is 4.09. The number of urea groups is 1. The number of hydrogen-bond acceptors (Lipinski definition) is 4. The summed E-state index contributed by atoms with van der Waals surface area (Å²) >= 11 is 0. The second kappa shape index (κ2) is 6.41. The molecule has 0 radical (unpaired) electrons. The van der Waals surface area contributed by atoms with Crippen molar-refractivity contribution in [2.75, 3.05) is 19.7 Å². The van der Waals surface area contributed by atoms with Gasteiger partial charge < -0.3 is 25.2 Å². The van der Waals surface area contributed by atoms with Crippen molar-refractivity contribution < 1.29 is 24.5 Å². The average molecular weight is 286 g/mol. The number of β-amino-alcohol motifs (C(OH)–C–C–N with tert-alkyl or cyclic N) is 1. The molecule has 0 bridgehead atoms. The van der Waals surface area contributed by atoms with Crippen LogP contribution in [0.25, 0.3) is 0 Å². The van der Waals surface area contributed by atoms with Crippen LogP contribution in [0.3, 0.4) is 0 Å². The van der Waals surface area contributed by atoms with Gasteiger partial charge >= 0.3 is 12.0 Å². The highest BCUT2D eigenvalue weighted by molar-refractivity contribution is 5.83. The van der Waals surface area contributed by atoms with E-state index in [0.29, 0.717) is 13.2 Å². The maximum Gasteiger partial charge on any atom is 0.326 e. The number of likely N-dealkylation sites (tertiary alicyclic amines) is 1. The van der Waals surface area contributed by atoms with Gasteiger partial charge in [0.1, 0.15) is 6.04 Å². The van der Waals surface area contributed by atoms with Gasteiger partial charge in [-0.15, -0.1) is 0 Å². The molecule has 7 nitrogen and oxygen atoms in total. The highest BCUT2D eigenvalue weighted by Crippen LogP contribution is 2.23. The lowest BCUT2D eigenvalue weighted by molar-refractivity contribution is -0.141. The Labute approximate surface area is 117 Å². The van der Waals surface area contributed by atoms with Gasteiger partial charge in [0.15, 0.2) is 0 Å². The minimum atomic E-state index is -1.08. The molecule has 2 fully saturated rings. The summed E-state index contributed by atoms with van der Waals surface area (Å²) < 4.78 is 5.55. The van der Waals surface area contributed by atoms with Gasteiger partial charge in [-0.2, -0.15) is 0 Å². The number of rotatable bonds is 4. The highest BCUT2D eigenvalue weighted by Gasteiger charge is 2.39. The number of carbonyl (C=O) groups is 2. The summed E-state index contributed by atoms with van der Waals surface area (Å²) in [6.45, 7) is 3.30. The predicted octanol–water partition coefficient (Wildman–Crippen LogP) is 0.0309. The molecule has 3 N–H and O–H groups in total. The van der Waals surface area contributed by atoms with E-state index in [0.717, 1.165) is 12.8 Å². The van der Waals surface area contributed by atoms with E-state index in [9.17, 15) is 14.7 Å². The number of amides is 2. The Morgan fingerprint density at radius 1 is 1.45 bits per heavy atom. The summed E-state index contributed by atoms with van der Waals surface area (Å²) in [6.07, 6.45) is 1.30. The molecule has 2 aliphatic rings. The van der Waals surface area contributed by atoms with E-state index in [-0.39, 0.29) is 25.0 Å². The molecule has 0 aromatic rings. The summed E-state index contributed by atoms with van der Waals surface area (Å²) in [6, 6.07) is -1.36. The van der Waals surface area contributed by atoms with Crippen LogP contribution in [0, 0.1) is 5.92 Å². The number of carboxylic acid groups (broad SMARTS) is 1. The molecule has 2 heterocycles. The SMILES string of the molecule is CCC1OCCC1CNC(=O)N1CC(O)CC1C(=O)O. The van der Waals surface area contributed by atoms with Crippen LogP contribution in [0.1, 0.15) is 26.2 Å². The topological polar surface area (TPSA) is 99.1 Å². The molecule has 0 saturated carbocycles. The maximum atomic E-state index is 12.1. The highest BCUT2D eigenvalue weighted by atomic mass is 16.5. The van der Waals surface area contributed by atoms with Gasteiger partial charge in [0, 0.05) is 32.0 Å². The van der Waals surface area contributed by atoms with Crippen molar-refractivity contribution in [2.24, 2.45) is 5.92 Å². The third-order valence-corrected chi connectivity index (χ3v) is 4.09. The number of carboxylic acids is 1. The predicted molar refractivity (Wildman–Crippen MR) is 70.3 cm³/mol. The Hall–Kier alpha value is -1.34. The molecule has 0 spiro atoms. The number of aliphatic carboxylic acids is 1. The van der Waals surface area contributed by atoms with E-state index in [4.69, 9.17) is 9.84 Å². The molecule has 0 aromatic heterocycles. The van der Waals surface area contributed by atoms with Crippen LogP contribution in [0.15, 0.2) is 0 Å². The lowest BCUT2D eigenvalue weighted by Gasteiger charge is -2.23. The molecule has 20 heavy (non-hydrogen) atoms. The Morgan fingerprint density at radius 2 is 2.20 bits per heavy atom. The normalized spacial score (nSPS) is 33.4. The van der Waals surface area contributed by atoms with Gasteiger partial charge in [-0.05, 0) is 12.8 Å². The minimum absolute atomic E-state index is 0.0706. The molecule has 2 amide bonds. The number of aliphatic hydroxyl groups excluding tert-OH is 1. The largest absolute Gasteiger partial charge is 0.480 e. The van der Waals surface area contributed by atoms with Gasteiger partial charge in [-0.25, -0.2) is 9.59 Å². The lowest BCUT2D eigenvalue weighted by atomic mass is 10.00. The summed E-state index contributed by atoms with van der Waals surface area (Å²) in [7, 11) is 0. The van der Waals surface area contributed by atoms with Crippen LogP contribution in [0.5, 0.6) is 0 Å². The van der Waals surface area contributed by atoms with Crippen LogP contribution < -0.4 is 5.32 Å². The molecule has 4 atom stereocenters. The van der Waals surface area contributed by atoms with Crippen molar-refractivity contribution in [1.29, 1.82) is 0 Å². The van der Waals surface area contributed by atoms with Crippen LogP contribution in [-0.4, -0.2) is 65.1 Å². The summed E-state index contributed by atoms with van der Waals surface area (Å²) in [5.74, 6) is -0.799. The van der Waals surface area contributed by atoms with E-state index < -0.39 is 24.1 Å². The molecular formula is C13H22N2O5. The fourth-order valence-corrected chi connectivity index (χ4v) is 2.97. The molecule has 2 aliphatic heterocycles. The Bertz CT molecular complexity index is 376. The summed E-state index contributed by atoms with van der Waals surface area (Å²) in [4.78, 5) is 24.3. The van der Waals surface area contributed by atoms with Crippen molar-refractivity contribution in [3.63, 3.8) is 0 Å². The Kier molecular flexibility index (Phi) is 4.82. The van der Waals surface area contributed by atoms with Crippen molar-refractivity contribution in [3.05, 3.63) is 0 Å². The van der Waals surface area contributed by atoms with E-state index in [1.54, 1.807) is 0 Å². The molecule has 114 valence electrons. The number of nitrogens with one attached hydrogen (secondary N) is 1. The van der Waals surface area contributed by atoms with Crippen molar-refractivity contribution in [2.45, 2.75) is 44.4 Å². The fourth-order valence-electron chi connectivity index (χ4n) is 2.97. The number of ether oxygens (including phenoxy) is 1. The fraction of sp³-hybridized carbons (Fsp3) is 0.846. The van der Waals surface area contributed by atoms with Gasteiger partial charge in [0.25, 0.3) is 0 Å². The smallest absolute Gasteiger partial charge is 0.326 e. The van der Waals surface area contributed by atoms with Crippen LogP contribution in [0.2, 0.25) is 0 Å². The Morgan fingerprint density at radius 3 is 2.85 bits per heavy atom. The van der Waals surface area contributed by atoms with E-state index in [1.165, 1.54) is 4.90 Å². The third kappa shape index (κ3) is 3.21. The number of nitrogens with zero attached hydrogens (tertiary/aromatic N) is 1. The van der Waals surface area contributed by atoms with Gasteiger partial charge in [-0.3, -0.25) is 0 Å². The molecule has 7 heteroatoms. The first kappa shape index (κ1) is 15.1. The molecule has 2 saturated heterocycles. The first-order chi connectivity index (χ1) is 9.52. The van der Waals surface area contributed by atoms with Crippen LogP contribution >= 0.6 is 0 Å². The summed E-state index contributed by atoms with van der Waals surface area (Å²) in [5, 5.41) is 21.3. The number of aliphatic hydroxyl groups is 1. The van der Waals surface area contributed by atoms with Crippen molar-refractivity contribution in [1.82, 2.24) is 10.2 Å². The molecule has 2 rings (SSSR count). The number of carbonyl (C=O) groups excluding carboxylic acids is 1. The van der Waals surface area contributed by atoms with Gasteiger partial charge in [-0.1, -0.05) is 6.92 Å². The van der Waals surface area contributed by atoms with E-state index in [2.05, 4.69) is 5.32 Å². The monoisotopic (exact) mass is 286 g/mol. The zero-order valence-electron chi connectivity index (χ0n) is 11.6. The van der Waals surface area contributed by atoms with Gasteiger partial charge in [0.05, 0.1) is 12.2 Å². The lowest BCUT2D eigenvalue weighted by Crippen LogP contribution is -2.47. The van der Waals surface area contributed by atoms with Crippen LogP contribution in [0.4, 0.5) is 4.79 Å². The first-order valence-electron chi connectivity index (χ1n) is 7.09. The van der Waals surface area contributed by atoms with E-state index >= 15 is 0 Å². The zero-order valence-corrected chi connectivity index (χ0v) is 11.6. The maximum absolute atomic E-state index is 12.1. The van der Waals surface area contributed by atoms with Crippen molar-refractivity contribution in [3.8, 4) is 0 Å². The zero-order chi connectivity index (χ0) is 14.7. The second-order valence-corrected chi connectivity index (χ2v) is 5.45. The standard InChI is InChI=1S/C13H22N2O5/c1-2-11-8(3-4-20-11)6-14-13(19)15-7-9(16)5-10(15)12(17)18/h8-11,16H,2-7H2,1H3,(H,14,19)(H,17,18). The van der Waals surface area contributed by atoms with Crippen LogP contribution in [-0.2, 0) is 9.53 Å². The van der Waals surface area contributed by atoms with E-state index in [1.807, 2.05) is 6.92 Å². The minimum Gasteiger partial charge on any atom is -0.480 e. The quantitative estimate of drug-likeness (QED) is 0.677. The summed E-state index contributed by atoms with van der Waals surface area (Å²) in [5.41, 5.74) is 0. The Balaban J connectivity index is 1.86. The first-order valence-corrected chi connectivity index (χ1v) is 7.09. The molecule has 0 aliphatic carbocycles.